The predicted octanol–water partition coefficient (Wildman–Crippen LogP) is 3.63. The van der Waals surface area contributed by atoms with Gasteiger partial charge in [0.05, 0.1) is 11.0 Å². The van der Waals surface area contributed by atoms with E-state index in [1.165, 1.54) is 0 Å². The third kappa shape index (κ3) is 3.63. The Balaban J connectivity index is 2.20. The van der Waals surface area contributed by atoms with Gasteiger partial charge in [-0.3, -0.25) is 4.79 Å². The van der Waals surface area contributed by atoms with Crippen molar-refractivity contribution in [1.82, 2.24) is 14.9 Å². The fourth-order valence-corrected chi connectivity index (χ4v) is 2.36. The summed E-state index contributed by atoms with van der Waals surface area (Å²) in [5, 5.41) is 0. The lowest BCUT2D eigenvalue weighted by molar-refractivity contribution is 0.0757. The number of aromatic amines is 1. The Hall–Kier alpha value is -1.84. The highest BCUT2D eigenvalue weighted by Crippen LogP contribution is 2.16. The first kappa shape index (κ1) is 15.5. The van der Waals surface area contributed by atoms with E-state index in [1.807, 2.05) is 30.0 Å². The molecule has 0 fully saturated rings. The first-order chi connectivity index (χ1) is 10.0. The van der Waals surface area contributed by atoms with E-state index in [9.17, 15) is 4.79 Å². The van der Waals surface area contributed by atoms with Crippen LogP contribution in [0.25, 0.3) is 11.0 Å². The smallest absolute Gasteiger partial charge is 0.253 e. The van der Waals surface area contributed by atoms with Crippen LogP contribution in [0.5, 0.6) is 0 Å². The van der Waals surface area contributed by atoms with Gasteiger partial charge >= 0.3 is 0 Å². The van der Waals surface area contributed by atoms with Gasteiger partial charge in [-0.05, 0) is 37.5 Å². The highest BCUT2D eigenvalue weighted by atomic mass is 16.2. The number of nitrogens with one attached hydrogen (secondary N) is 1. The molecule has 0 saturated carbocycles. The molecule has 1 amide bonds. The predicted molar refractivity (Wildman–Crippen MR) is 86.5 cm³/mol. The second-order valence-corrected chi connectivity index (χ2v) is 5.84. The van der Waals surface area contributed by atoms with Gasteiger partial charge in [-0.2, -0.15) is 0 Å². The summed E-state index contributed by atoms with van der Waals surface area (Å²) in [7, 11) is 0. The Morgan fingerprint density at radius 1 is 1.33 bits per heavy atom. The number of carbonyl (C=O) groups excluding carboxylic acids is 1. The summed E-state index contributed by atoms with van der Waals surface area (Å²) in [4.78, 5) is 22.3. The van der Waals surface area contributed by atoms with Crippen LogP contribution >= 0.6 is 0 Å². The number of hydrogen-bond donors (Lipinski definition) is 1. The average molecular weight is 287 g/mol. The minimum absolute atomic E-state index is 0.104. The van der Waals surface area contributed by atoms with Gasteiger partial charge in [-0.25, -0.2) is 4.98 Å². The Kier molecular flexibility index (Phi) is 4.99. The highest BCUT2D eigenvalue weighted by molar-refractivity contribution is 5.97. The van der Waals surface area contributed by atoms with Gasteiger partial charge in [0.15, 0.2) is 0 Å². The molecule has 21 heavy (non-hydrogen) atoms. The van der Waals surface area contributed by atoms with E-state index in [0.717, 1.165) is 48.4 Å². The molecule has 0 radical (unpaired) electrons. The monoisotopic (exact) mass is 287 g/mol. The molecule has 0 aliphatic heterocycles. The van der Waals surface area contributed by atoms with Gasteiger partial charge in [0, 0.05) is 25.1 Å². The van der Waals surface area contributed by atoms with Crippen LogP contribution in [0.15, 0.2) is 18.2 Å². The summed E-state index contributed by atoms with van der Waals surface area (Å²) in [6.07, 6.45) is 1.90. The van der Waals surface area contributed by atoms with Crippen molar-refractivity contribution in [2.75, 3.05) is 13.1 Å². The summed E-state index contributed by atoms with van der Waals surface area (Å²) in [6.45, 7) is 10.0. The van der Waals surface area contributed by atoms with Crippen molar-refractivity contribution >= 4 is 16.9 Å². The second-order valence-electron chi connectivity index (χ2n) is 5.84. The molecule has 0 bridgehead atoms. The van der Waals surface area contributed by atoms with E-state index in [-0.39, 0.29) is 5.91 Å². The lowest BCUT2D eigenvalue weighted by Gasteiger charge is -2.22. The molecular formula is C17H25N3O. The molecule has 1 N–H and O–H groups in total. The van der Waals surface area contributed by atoms with Crippen molar-refractivity contribution in [3.05, 3.63) is 29.6 Å². The topological polar surface area (TPSA) is 49.0 Å². The van der Waals surface area contributed by atoms with E-state index in [2.05, 4.69) is 30.7 Å². The van der Waals surface area contributed by atoms with Crippen molar-refractivity contribution < 1.29 is 4.79 Å². The number of amides is 1. The molecule has 1 heterocycles. The number of nitrogens with zero attached hydrogens (tertiary/aromatic N) is 2. The summed E-state index contributed by atoms with van der Waals surface area (Å²) in [6, 6.07) is 5.72. The van der Waals surface area contributed by atoms with E-state index >= 15 is 0 Å². The minimum atomic E-state index is 0.104. The summed E-state index contributed by atoms with van der Waals surface area (Å²) in [5.74, 6) is 1.67. The van der Waals surface area contributed by atoms with Crippen molar-refractivity contribution in [2.45, 2.75) is 40.5 Å². The summed E-state index contributed by atoms with van der Waals surface area (Å²) >= 11 is 0. The quantitative estimate of drug-likeness (QED) is 0.882. The van der Waals surface area contributed by atoms with Crippen LogP contribution < -0.4 is 0 Å². The van der Waals surface area contributed by atoms with Crippen LogP contribution in [0.1, 0.15) is 50.3 Å². The number of benzene rings is 1. The van der Waals surface area contributed by atoms with Gasteiger partial charge in [0.25, 0.3) is 5.91 Å². The molecule has 0 unspecified atom stereocenters. The van der Waals surface area contributed by atoms with Crippen molar-refractivity contribution in [2.24, 2.45) is 5.92 Å². The molecular weight excluding hydrogens is 262 g/mol. The fourth-order valence-electron chi connectivity index (χ4n) is 2.36. The van der Waals surface area contributed by atoms with Crippen LogP contribution in [-0.2, 0) is 6.42 Å². The molecule has 1 aromatic heterocycles. The Labute approximate surface area is 126 Å². The highest BCUT2D eigenvalue weighted by Gasteiger charge is 2.15. The van der Waals surface area contributed by atoms with Crippen molar-refractivity contribution in [3.8, 4) is 0 Å². The van der Waals surface area contributed by atoms with Gasteiger partial charge < -0.3 is 9.88 Å². The van der Waals surface area contributed by atoms with E-state index in [0.29, 0.717) is 5.92 Å². The third-order valence-electron chi connectivity index (χ3n) is 3.76. The molecule has 0 spiro atoms. The third-order valence-corrected chi connectivity index (χ3v) is 3.76. The van der Waals surface area contributed by atoms with Crippen molar-refractivity contribution in [3.63, 3.8) is 0 Å². The zero-order valence-electron chi connectivity index (χ0n) is 13.4. The zero-order chi connectivity index (χ0) is 15.4. The van der Waals surface area contributed by atoms with E-state index in [4.69, 9.17) is 0 Å². The largest absolute Gasteiger partial charge is 0.342 e. The van der Waals surface area contributed by atoms with Gasteiger partial charge in [-0.15, -0.1) is 0 Å². The molecule has 4 nitrogen and oxygen atoms in total. The van der Waals surface area contributed by atoms with Crippen LogP contribution in [0.4, 0.5) is 0 Å². The van der Waals surface area contributed by atoms with Gasteiger partial charge in [-0.1, -0.05) is 20.8 Å². The number of aromatic nitrogens is 2. The molecule has 2 aromatic rings. The summed E-state index contributed by atoms with van der Waals surface area (Å²) < 4.78 is 0. The number of imidazole rings is 1. The Bertz CT molecular complexity index is 616. The average Bonchev–Trinajstić information content (AvgIpc) is 2.89. The molecule has 0 saturated heterocycles. The van der Waals surface area contributed by atoms with Crippen LogP contribution in [0, 0.1) is 5.92 Å². The lowest BCUT2D eigenvalue weighted by Crippen LogP contribution is -2.32. The number of rotatable bonds is 6. The molecule has 4 heteroatoms. The molecule has 114 valence electrons. The number of H-pyrrole nitrogens is 1. The molecule has 0 atom stereocenters. The normalized spacial score (nSPS) is 11.3. The van der Waals surface area contributed by atoms with E-state index < -0.39 is 0 Å². The maximum Gasteiger partial charge on any atom is 0.253 e. The first-order valence-corrected chi connectivity index (χ1v) is 7.83. The zero-order valence-corrected chi connectivity index (χ0v) is 13.4. The van der Waals surface area contributed by atoms with Crippen molar-refractivity contribution in [1.29, 1.82) is 0 Å². The fraction of sp³-hybridized carbons (Fsp3) is 0.529. The van der Waals surface area contributed by atoms with Crippen LogP contribution in [0.2, 0.25) is 0 Å². The molecule has 0 aliphatic carbocycles. The maximum atomic E-state index is 12.6. The van der Waals surface area contributed by atoms with Gasteiger partial charge in [0.1, 0.15) is 5.82 Å². The summed E-state index contributed by atoms with van der Waals surface area (Å²) in [5.41, 5.74) is 2.60. The second kappa shape index (κ2) is 6.74. The number of aryl methyl sites for hydroxylation is 1. The van der Waals surface area contributed by atoms with Crippen LogP contribution in [0.3, 0.4) is 0 Å². The molecule has 0 aliphatic rings. The van der Waals surface area contributed by atoms with E-state index in [1.54, 1.807) is 0 Å². The molecule has 2 rings (SSSR count). The maximum absolute atomic E-state index is 12.6. The number of carbonyl (C=O) groups is 1. The standard InChI is InChI=1S/C17H25N3O/c1-5-16-18-14-8-7-13(11-15(14)19-16)17(21)20(6-2)10-9-12(3)4/h7-8,11-12H,5-6,9-10H2,1-4H3,(H,18,19). The minimum Gasteiger partial charge on any atom is -0.342 e. The number of hydrogen-bond acceptors (Lipinski definition) is 2. The number of fused-ring (bicyclic) bond motifs is 1. The van der Waals surface area contributed by atoms with Gasteiger partial charge in [0.2, 0.25) is 0 Å². The first-order valence-electron chi connectivity index (χ1n) is 7.83. The van der Waals surface area contributed by atoms with Crippen LogP contribution in [-0.4, -0.2) is 33.9 Å². The Morgan fingerprint density at radius 2 is 2.10 bits per heavy atom. The molecule has 1 aromatic carbocycles. The Morgan fingerprint density at radius 3 is 2.71 bits per heavy atom. The SMILES string of the molecule is CCc1nc2ccc(C(=O)N(CC)CCC(C)C)cc2[nH]1. The lowest BCUT2D eigenvalue weighted by atomic mass is 10.1.